The summed E-state index contributed by atoms with van der Waals surface area (Å²) in [6.07, 6.45) is 9.41. The van der Waals surface area contributed by atoms with Crippen LogP contribution in [0.4, 0.5) is 0 Å². The van der Waals surface area contributed by atoms with Crippen LogP contribution in [-0.2, 0) is 69.0 Å². The highest BCUT2D eigenvalue weighted by molar-refractivity contribution is 5.75. The van der Waals surface area contributed by atoms with Crippen molar-refractivity contribution >= 4 is 53.7 Å². The first-order valence-corrected chi connectivity index (χ1v) is 27.8. The van der Waals surface area contributed by atoms with E-state index in [1.807, 2.05) is 113 Å². The van der Waals surface area contributed by atoms with Gasteiger partial charge in [-0.2, -0.15) is 0 Å². The summed E-state index contributed by atoms with van der Waals surface area (Å²) >= 11 is 0. The molecule has 88 heavy (non-hydrogen) atoms. The van der Waals surface area contributed by atoms with Gasteiger partial charge in [-0.25, -0.2) is 4.98 Å². The van der Waals surface area contributed by atoms with Crippen molar-refractivity contribution in [3.8, 4) is 5.75 Å². The van der Waals surface area contributed by atoms with Crippen LogP contribution in [0.25, 0.3) is 0 Å². The second-order valence-corrected chi connectivity index (χ2v) is 20.4. The average molecular weight is 1250 g/mol. The number of carboxylic acid groups (broad SMARTS) is 9. The van der Waals surface area contributed by atoms with Crippen molar-refractivity contribution in [2.45, 2.75) is 155 Å². The highest BCUT2D eigenvalue weighted by Crippen LogP contribution is 2.24. The van der Waals surface area contributed by atoms with Gasteiger partial charge in [0.1, 0.15) is 54.6 Å². The van der Waals surface area contributed by atoms with E-state index >= 15 is 0 Å². The number of rotatable bonds is 23. The number of H-pyrrole nitrogens is 1. The van der Waals surface area contributed by atoms with Crippen molar-refractivity contribution in [3.05, 3.63) is 120 Å². The Morgan fingerprint density at radius 2 is 0.920 bits per heavy atom. The summed E-state index contributed by atoms with van der Waals surface area (Å²) in [7, 11) is 0. The molecule has 0 spiro atoms. The number of imidazole rings is 1. The lowest BCUT2D eigenvalue weighted by molar-refractivity contribution is -0.142. The van der Waals surface area contributed by atoms with Gasteiger partial charge in [0.15, 0.2) is 0 Å². The van der Waals surface area contributed by atoms with Crippen molar-refractivity contribution < 1.29 is 93.8 Å². The lowest BCUT2D eigenvalue weighted by Gasteiger charge is -2.11. The molecule has 0 radical (unpaired) electrons. The third-order valence-corrected chi connectivity index (χ3v) is 11.7. The Morgan fingerprint density at radius 1 is 0.534 bits per heavy atom. The minimum Gasteiger partial charge on any atom is -0.489 e. The van der Waals surface area contributed by atoms with Gasteiger partial charge in [-0.15, -0.1) is 0 Å². The van der Waals surface area contributed by atoms with Crippen LogP contribution in [0.5, 0.6) is 5.75 Å². The summed E-state index contributed by atoms with van der Waals surface area (Å²) in [4.78, 5) is 97.1. The maximum absolute atomic E-state index is 10.7. The Labute approximate surface area is 512 Å². The van der Waals surface area contributed by atoms with Gasteiger partial charge < -0.3 is 102 Å². The van der Waals surface area contributed by atoms with Crippen LogP contribution in [0, 0.1) is 23.7 Å². The van der Waals surface area contributed by atoms with E-state index in [-0.39, 0.29) is 30.7 Å². The molecule has 0 amide bonds. The van der Waals surface area contributed by atoms with Gasteiger partial charge in [0.2, 0.25) is 0 Å². The van der Waals surface area contributed by atoms with Crippen LogP contribution in [0.2, 0.25) is 0 Å². The fraction of sp³-hybridized carbons (Fsp3) is 0.492. The van der Waals surface area contributed by atoms with Gasteiger partial charge in [0, 0.05) is 18.3 Å². The van der Waals surface area contributed by atoms with Gasteiger partial charge in [-0.1, -0.05) is 134 Å². The topological polar surface area (TPSA) is 582 Å². The number of ether oxygens (including phenoxy) is 1. The third-order valence-electron chi connectivity index (χ3n) is 11.7. The zero-order chi connectivity index (χ0) is 68.6. The molecule has 1 aliphatic carbocycles. The molecule has 29 nitrogen and oxygen atoms in total. The van der Waals surface area contributed by atoms with Gasteiger partial charge in [-0.3, -0.25) is 43.2 Å². The maximum Gasteiger partial charge on any atom is 0.320 e. The molecule has 1 heterocycles. The summed E-state index contributed by atoms with van der Waals surface area (Å²) in [6, 6.07) is 21.2. The highest BCUT2D eigenvalue weighted by atomic mass is 16.5. The molecule has 8 atom stereocenters. The van der Waals surface area contributed by atoms with Crippen molar-refractivity contribution in [1.29, 1.82) is 0 Å². The van der Waals surface area contributed by atoms with E-state index in [4.69, 9.17) is 90.8 Å². The lowest BCUT2D eigenvalue weighted by atomic mass is 10.0. The summed E-state index contributed by atoms with van der Waals surface area (Å²) in [5, 5.41) is 74.5. The number of aliphatic carboxylic acids is 9. The molecule has 0 aliphatic heterocycles. The van der Waals surface area contributed by atoms with E-state index in [1.54, 1.807) is 20.0 Å². The van der Waals surface area contributed by atoms with E-state index in [0.29, 0.717) is 31.8 Å². The largest absolute Gasteiger partial charge is 0.489 e. The predicted octanol–water partition coefficient (Wildman–Crippen LogP) is 2.88. The van der Waals surface area contributed by atoms with E-state index in [2.05, 4.69) is 15.7 Å². The Bertz CT molecular complexity index is 2530. The number of aromatic amines is 1. The molecule has 29 heteroatoms. The fourth-order valence-electron chi connectivity index (χ4n) is 6.04. The zero-order valence-corrected chi connectivity index (χ0v) is 51.0. The Balaban J connectivity index is -0.000000466. The lowest BCUT2D eigenvalue weighted by Crippen LogP contribution is -2.36. The Kier molecular flexibility index (Phi) is 49.6. The van der Waals surface area contributed by atoms with E-state index in [1.165, 1.54) is 13.3 Å². The zero-order valence-electron chi connectivity index (χ0n) is 51.0. The minimum atomic E-state index is -1.00. The number of carboxylic acids is 9. The number of nitrogens with zero attached hydrogens (tertiary/aromatic N) is 1. The molecular weight excluding hydrogens is 1150 g/mol. The first kappa shape index (κ1) is 86.0. The molecule has 1 saturated carbocycles. The van der Waals surface area contributed by atoms with Crippen LogP contribution < -0.4 is 50.6 Å². The van der Waals surface area contributed by atoms with Gasteiger partial charge in [0.05, 0.1) is 18.8 Å². The summed E-state index contributed by atoms with van der Waals surface area (Å²) in [6.45, 7) is 12.9. The van der Waals surface area contributed by atoms with Crippen LogP contribution in [0.15, 0.2) is 97.5 Å². The summed E-state index contributed by atoms with van der Waals surface area (Å²) in [5.41, 5.74) is 44.8. The number of carbonyl (C=O) groups is 9. The van der Waals surface area contributed by atoms with Crippen molar-refractivity contribution in [1.82, 2.24) is 9.97 Å². The second-order valence-electron chi connectivity index (χ2n) is 20.4. The van der Waals surface area contributed by atoms with Gasteiger partial charge in [-0.05, 0) is 85.6 Å². The van der Waals surface area contributed by atoms with E-state index < -0.39 is 96.0 Å². The molecule has 496 valence electrons. The Morgan fingerprint density at radius 3 is 1.18 bits per heavy atom. The fourth-order valence-corrected chi connectivity index (χ4v) is 6.04. The molecule has 4 aromatic rings. The van der Waals surface area contributed by atoms with Crippen LogP contribution >= 0.6 is 0 Å². The van der Waals surface area contributed by atoms with Crippen molar-refractivity contribution in [2.75, 3.05) is 6.54 Å². The maximum atomic E-state index is 10.7. The number of aromatic nitrogens is 2. The average Bonchev–Trinajstić information content (AvgIpc) is 4.37. The van der Waals surface area contributed by atoms with Crippen molar-refractivity contribution in [3.63, 3.8) is 0 Å². The molecular formula is C59H96N10O19. The highest BCUT2D eigenvalue weighted by Gasteiger charge is 2.21. The molecule has 8 unspecified atom stereocenters. The van der Waals surface area contributed by atoms with Crippen LogP contribution in [0.3, 0.4) is 0 Å². The van der Waals surface area contributed by atoms with Gasteiger partial charge in [0.25, 0.3) is 0 Å². The summed E-state index contributed by atoms with van der Waals surface area (Å²) in [5.74, 6) is -7.06. The van der Waals surface area contributed by atoms with Crippen LogP contribution in [0.1, 0.15) is 109 Å². The third kappa shape index (κ3) is 48.8. The monoisotopic (exact) mass is 1250 g/mol. The first-order chi connectivity index (χ1) is 40.9. The summed E-state index contributed by atoms with van der Waals surface area (Å²) < 4.78 is 5.65. The molecule has 1 aromatic heterocycles. The standard InChI is InChI=1S/C16H17NO3.C9H11NO2.C6H9N3O2.2C6H13NO2.C6H10O2.C5H11NO2.C3H7NO2.C2H5NO2/c17-15(16(18)19)10-12-6-8-14(9-7-12)20-11-13-4-2-1-3-5-13;10-8(9(11)12)6-7-4-2-1-3-5-7;7-5(6(10)11)1-4-2-8-3-9-4;1-4(2)3-5(7)6(8)9;1-3-4(2)5(7)6(8)9;7-6(8)5-3-1-2-4-5;1-3(2)4(6)5(7)8;1-2(4)3(5)6;3-1-2(4)5/h1-9,15H,10-11,17H2,(H,18,19);1-5,8H,6,10H2,(H,11,12);2-3,5H,1,7H2,(H,8,9)(H,10,11);2*4-5H,3,7H2,1-2H3,(H,8,9);5H,1-4H2,(H,7,8);3-4H,6H2,1-2H3,(H,7,8);2H,4H2,1H3,(H,5,6);1,3H2,(H,4,5). The molecule has 26 N–H and O–H groups in total. The van der Waals surface area contributed by atoms with Crippen LogP contribution in [-0.4, -0.2) is 158 Å². The number of hydrogen-bond acceptors (Lipinski definition) is 19. The molecule has 0 bridgehead atoms. The van der Waals surface area contributed by atoms with Crippen molar-refractivity contribution in [2.24, 2.45) is 69.5 Å². The number of hydrogen-bond donors (Lipinski definition) is 18. The molecule has 1 aliphatic rings. The van der Waals surface area contributed by atoms with E-state index in [0.717, 1.165) is 60.2 Å². The number of benzene rings is 3. The molecule has 0 saturated heterocycles. The number of nitrogens with one attached hydrogen (secondary N) is 1. The quantitative estimate of drug-likeness (QED) is 0.0507. The SMILES string of the molecule is CC(C)C(N)C(=O)O.CC(C)CC(N)C(=O)O.CC(N)C(=O)O.CCC(C)C(N)C(=O)O.NC(Cc1ccc(OCc2ccccc2)cc1)C(=O)O.NC(Cc1ccccc1)C(=O)O.NC(Cc1cnc[nH]1)C(=O)O.NCC(=O)O.O=C(O)C1CCCC1. The smallest absolute Gasteiger partial charge is 0.320 e. The van der Waals surface area contributed by atoms with Gasteiger partial charge >= 0.3 is 53.7 Å². The minimum absolute atomic E-state index is 0.0185. The molecule has 3 aromatic carbocycles. The molecule has 5 rings (SSSR count). The predicted molar refractivity (Wildman–Crippen MR) is 328 cm³/mol. The first-order valence-electron chi connectivity index (χ1n) is 27.8. The molecule has 1 fully saturated rings. The second kappa shape index (κ2) is 50.7. The number of nitrogens with two attached hydrogens (primary N) is 8. The van der Waals surface area contributed by atoms with E-state index in [9.17, 15) is 43.2 Å². The normalized spacial score (nSPS) is 13.7. The Hall–Kier alpha value is -8.42.